The average molecular weight is 517 g/mol. The Bertz CT molecular complexity index is 1910. The highest BCUT2D eigenvalue weighted by molar-refractivity contribution is 6.31. The molecule has 6 aromatic rings. The van der Waals surface area contributed by atoms with Crippen molar-refractivity contribution >= 4 is 51.7 Å². The first kappa shape index (κ1) is 23.6. The molecule has 190 valence electrons. The number of nitrogens with zero attached hydrogens (tertiary/aromatic N) is 2. The number of fused-ring (bicyclic) bond motifs is 3. The topological polar surface area (TPSA) is 43.6 Å². The minimum absolute atomic E-state index is 0.438. The number of aromatic nitrogens is 1. The van der Waals surface area contributed by atoms with Gasteiger partial charge in [-0.2, -0.15) is 0 Å². The molecule has 0 spiro atoms. The Balaban J connectivity index is 1.11. The van der Waals surface area contributed by atoms with Gasteiger partial charge in [0.15, 0.2) is 0 Å². The van der Waals surface area contributed by atoms with Crippen molar-refractivity contribution in [2.45, 2.75) is 0 Å². The van der Waals surface area contributed by atoms with E-state index in [-0.39, 0.29) is 0 Å². The van der Waals surface area contributed by atoms with E-state index in [9.17, 15) is 4.79 Å². The lowest BCUT2D eigenvalue weighted by molar-refractivity contribution is -0.136. The molecule has 0 bridgehead atoms. The van der Waals surface area contributed by atoms with Crippen LogP contribution in [-0.4, -0.2) is 16.2 Å². The summed E-state index contributed by atoms with van der Waals surface area (Å²) in [5.74, 6) is -0.438. The number of benzene rings is 5. The van der Waals surface area contributed by atoms with Gasteiger partial charge >= 0.3 is 5.97 Å². The maximum atomic E-state index is 12.3. The summed E-state index contributed by atoms with van der Waals surface area (Å²) in [7, 11) is 0. The number of carbonyl (C=O) groups excluding carboxylic acids is 1. The largest absolute Gasteiger partial charge is 0.368 e. The van der Waals surface area contributed by atoms with Crippen LogP contribution in [0.5, 0.6) is 0 Å². The molecular formula is C36H24N2O2. The van der Waals surface area contributed by atoms with Gasteiger partial charge in [-0.1, -0.05) is 120 Å². The van der Waals surface area contributed by atoms with Gasteiger partial charge < -0.3 is 9.40 Å². The molecule has 1 aromatic heterocycles. The van der Waals surface area contributed by atoms with Crippen LogP contribution < -0.4 is 0 Å². The molecule has 1 aliphatic heterocycles. The van der Waals surface area contributed by atoms with Gasteiger partial charge in [-0.3, -0.25) is 0 Å². The summed E-state index contributed by atoms with van der Waals surface area (Å²) < 4.78 is 2.32. The highest BCUT2D eigenvalue weighted by atomic mass is 16.7. The molecule has 4 nitrogen and oxygen atoms in total. The summed E-state index contributed by atoms with van der Waals surface area (Å²) in [6.07, 6.45) is 6.02. The lowest BCUT2D eigenvalue weighted by atomic mass is 10.0. The molecule has 5 aromatic carbocycles. The van der Waals surface area contributed by atoms with Crippen molar-refractivity contribution in [2.24, 2.45) is 5.16 Å². The van der Waals surface area contributed by atoms with Crippen LogP contribution >= 0.6 is 0 Å². The van der Waals surface area contributed by atoms with Crippen molar-refractivity contribution in [3.63, 3.8) is 0 Å². The van der Waals surface area contributed by atoms with Crippen LogP contribution in [0.1, 0.15) is 22.3 Å². The minimum Gasteiger partial charge on any atom is -0.312 e. The van der Waals surface area contributed by atoms with E-state index >= 15 is 0 Å². The SMILES string of the molecule is O=C1ON=C(c2ccccc2)/C1=C/c1ccc(/C=C/c2ccc(-n3c4ccccc4c4ccccc43)cc2)cc1. The average Bonchev–Trinajstić information content (AvgIpc) is 3.55. The Morgan fingerprint density at radius 2 is 1.10 bits per heavy atom. The van der Waals surface area contributed by atoms with Crippen LogP contribution in [0.4, 0.5) is 0 Å². The fourth-order valence-electron chi connectivity index (χ4n) is 5.21. The first-order valence-electron chi connectivity index (χ1n) is 13.2. The second-order valence-corrected chi connectivity index (χ2v) is 9.70. The fourth-order valence-corrected chi connectivity index (χ4v) is 5.21. The summed E-state index contributed by atoms with van der Waals surface area (Å²) in [5.41, 5.74) is 8.50. The molecule has 4 heteroatoms. The summed E-state index contributed by atoms with van der Waals surface area (Å²) in [6, 6.07) is 43.3. The molecule has 40 heavy (non-hydrogen) atoms. The van der Waals surface area contributed by atoms with Crippen LogP contribution in [0.2, 0.25) is 0 Å². The van der Waals surface area contributed by atoms with E-state index in [4.69, 9.17) is 4.84 Å². The van der Waals surface area contributed by atoms with Crippen molar-refractivity contribution in [1.29, 1.82) is 0 Å². The van der Waals surface area contributed by atoms with E-state index in [0.717, 1.165) is 27.9 Å². The van der Waals surface area contributed by atoms with Gasteiger partial charge in [-0.15, -0.1) is 0 Å². The second-order valence-electron chi connectivity index (χ2n) is 9.70. The Labute approximate surface area is 231 Å². The Morgan fingerprint density at radius 1 is 0.575 bits per heavy atom. The van der Waals surface area contributed by atoms with Gasteiger partial charge in [0.25, 0.3) is 0 Å². The molecule has 0 N–H and O–H groups in total. The third kappa shape index (κ3) is 4.32. The Kier molecular flexibility index (Phi) is 5.91. The van der Waals surface area contributed by atoms with Crippen molar-refractivity contribution in [1.82, 2.24) is 4.57 Å². The van der Waals surface area contributed by atoms with Crippen molar-refractivity contribution in [3.8, 4) is 5.69 Å². The Morgan fingerprint density at radius 3 is 1.73 bits per heavy atom. The predicted octanol–water partition coefficient (Wildman–Crippen LogP) is 8.30. The van der Waals surface area contributed by atoms with Gasteiger partial charge in [0, 0.05) is 22.0 Å². The maximum absolute atomic E-state index is 12.3. The summed E-state index contributed by atoms with van der Waals surface area (Å²) in [5, 5.41) is 6.50. The molecular weight excluding hydrogens is 492 g/mol. The third-order valence-corrected chi connectivity index (χ3v) is 7.19. The maximum Gasteiger partial charge on any atom is 0.368 e. The van der Waals surface area contributed by atoms with Crippen LogP contribution in [0.25, 0.3) is 45.7 Å². The molecule has 0 saturated heterocycles. The van der Waals surface area contributed by atoms with E-state index in [1.54, 1.807) is 0 Å². The quantitative estimate of drug-likeness (QED) is 0.131. The van der Waals surface area contributed by atoms with Crippen molar-refractivity contribution in [2.75, 3.05) is 0 Å². The van der Waals surface area contributed by atoms with Gasteiger partial charge in [-0.05, 0) is 47.0 Å². The smallest absolute Gasteiger partial charge is 0.312 e. The van der Waals surface area contributed by atoms with Gasteiger partial charge in [0.05, 0.1) is 16.6 Å². The molecule has 0 radical (unpaired) electrons. The zero-order valence-electron chi connectivity index (χ0n) is 21.6. The molecule has 0 fully saturated rings. The fraction of sp³-hybridized carbons (Fsp3) is 0. The summed E-state index contributed by atoms with van der Waals surface area (Å²) in [4.78, 5) is 17.3. The van der Waals surface area contributed by atoms with E-state index in [0.29, 0.717) is 11.3 Å². The number of para-hydroxylation sites is 2. The molecule has 0 saturated carbocycles. The first-order chi connectivity index (χ1) is 19.7. The summed E-state index contributed by atoms with van der Waals surface area (Å²) in [6.45, 7) is 0. The molecule has 0 amide bonds. The van der Waals surface area contributed by atoms with E-state index in [2.05, 4.69) is 94.7 Å². The standard InChI is InChI=1S/C36H24N2O2/c39-36-32(35(37-40-36)28-8-2-1-3-9-28)24-27-18-16-25(17-19-27)14-15-26-20-22-29(23-21-26)38-33-12-6-4-10-30(33)31-11-5-7-13-34(31)38/h1-24H/b15-14+,32-24-. The lowest BCUT2D eigenvalue weighted by Gasteiger charge is -2.08. The van der Waals surface area contributed by atoms with E-state index in [1.165, 1.54) is 21.8 Å². The lowest BCUT2D eigenvalue weighted by Crippen LogP contribution is -2.06. The highest BCUT2D eigenvalue weighted by Crippen LogP contribution is 2.31. The van der Waals surface area contributed by atoms with Crippen molar-refractivity contribution < 1.29 is 9.63 Å². The predicted molar refractivity (Wildman–Crippen MR) is 163 cm³/mol. The molecule has 0 aliphatic carbocycles. The van der Waals surface area contributed by atoms with Crippen LogP contribution in [0.3, 0.4) is 0 Å². The third-order valence-electron chi connectivity index (χ3n) is 7.19. The van der Waals surface area contributed by atoms with Crippen LogP contribution in [0.15, 0.2) is 138 Å². The number of carbonyl (C=O) groups is 1. The molecule has 0 atom stereocenters. The number of rotatable bonds is 5. The van der Waals surface area contributed by atoms with Gasteiger partial charge in [0.2, 0.25) is 0 Å². The van der Waals surface area contributed by atoms with Crippen LogP contribution in [0, 0.1) is 0 Å². The Hall–Kier alpha value is -5.48. The zero-order valence-corrected chi connectivity index (χ0v) is 21.6. The molecule has 7 rings (SSSR count). The normalized spacial score (nSPS) is 14.3. The first-order valence-corrected chi connectivity index (χ1v) is 13.2. The molecule has 1 aliphatic rings. The summed E-state index contributed by atoms with van der Waals surface area (Å²) >= 11 is 0. The van der Waals surface area contributed by atoms with Crippen molar-refractivity contribution in [3.05, 3.63) is 155 Å². The van der Waals surface area contributed by atoms with E-state index in [1.807, 2.05) is 60.7 Å². The number of oxime groups is 1. The zero-order chi connectivity index (χ0) is 26.9. The minimum atomic E-state index is -0.438. The molecule has 0 unspecified atom stereocenters. The van der Waals surface area contributed by atoms with E-state index < -0.39 is 5.97 Å². The number of hydrogen-bond acceptors (Lipinski definition) is 3. The van der Waals surface area contributed by atoms with Crippen LogP contribution in [-0.2, 0) is 9.63 Å². The monoisotopic (exact) mass is 516 g/mol. The highest BCUT2D eigenvalue weighted by Gasteiger charge is 2.26. The van der Waals surface area contributed by atoms with Gasteiger partial charge in [-0.25, -0.2) is 4.79 Å². The molecule has 2 heterocycles. The number of hydrogen-bond donors (Lipinski definition) is 0. The van der Waals surface area contributed by atoms with Gasteiger partial charge in [0.1, 0.15) is 5.71 Å². The second kappa shape index (κ2) is 10.0.